The van der Waals surface area contributed by atoms with Crippen LogP contribution in [0.15, 0.2) is 0 Å². The van der Waals surface area contributed by atoms with Crippen LogP contribution in [0.1, 0.15) is 39.5 Å². The minimum Gasteiger partial charge on any atom is -0.356 e. The lowest BCUT2D eigenvalue weighted by molar-refractivity contribution is -0.123. The molecule has 0 aromatic carbocycles. The SMILES string of the molecule is CCC1(C)CC1C(=O)NCCC1CCNC1.Cl. The maximum atomic E-state index is 11.8. The molecule has 3 nitrogen and oxygen atoms in total. The second-order valence-electron chi connectivity index (χ2n) is 5.70. The first-order valence-electron chi connectivity index (χ1n) is 6.64. The minimum absolute atomic E-state index is 0. The van der Waals surface area contributed by atoms with Gasteiger partial charge in [0.1, 0.15) is 0 Å². The Hall–Kier alpha value is -0.280. The summed E-state index contributed by atoms with van der Waals surface area (Å²) in [7, 11) is 0. The van der Waals surface area contributed by atoms with Gasteiger partial charge in [0.05, 0.1) is 0 Å². The van der Waals surface area contributed by atoms with E-state index in [9.17, 15) is 4.79 Å². The number of hydrogen-bond acceptors (Lipinski definition) is 2. The highest BCUT2D eigenvalue weighted by Crippen LogP contribution is 2.54. The van der Waals surface area contributed by atoms with Crippen molar-refractivity contribution in [1.82, 2.24) is 10.6 Å². The second-order valence-corrected chi connectivity index (χ2v) is 5.70. The first-order valence-corrected chi connectivity index (χ1v) is 6.64. The topological polar surface area (TPSA) is 41.1 Å². The Morgan fingerprint density at radius 2 is 2.29 bits per heavy atom. The van der Waals surface area contributed by atoms with Gasteiger partial charge in [-0.25, -0.2) is 0 Å². The fraction of sp³-hybridized carbons (Fsp3) is 0.923. The standard InChI is InChI=1S/C13H24N2O.ClH/c1-3-13(2)8-11(13)12(16)15-7-5-10-4-6-14-9-10;/h10-11,14H,3-9H2,1-2H3,(H,15,16);1H. The molecule has 0 aromatic rings. The molecule has 0 spiro atoms. The van der Waals surface area contributed by atoms with Gasteiger partial charge in [0.25, 0.3) is 0 Å². The highest BCUT2D eigenvalue weighted by atomic mass is 35.5. The third kappa shape index (κ3) is 3.59. The van der Waals surface area contributed by atoms with Crippen molar-refractivity contribution in [2.75, 3.05) is 19.6 Å². The zero-order chi connectivity index (χ0) is 11.6. The van der Waals surface area contributed by atoms with E-state index in [1.165, 1.54) is 6.42 Å². The van der Waals surface area contributed by atoms with Crippen LogP contribution < -0.4 is 10.6 Å². The first kappa shape index (κ1) is 14.8. The predicted octanol–water partition coefficient (Wildman–Crippen LogP) is 1.96. The molecule has 17 heavy (non-hydrogen) atoms. The molecule has 4 heteroatoms. The van der Waals surface area contributed by atoms with Crippen molar-refractivity contribution in [2.45, 2.75) is 39.5 Å². The van der Waals surface area contributed by atoms with Crippen LogP contribution >= 0.6 is 12.4 Å². The zero-order valence-corrected chi connectivity index (χ0v) is 11.7. The summed E-state index contributed by atoms with van der Waals surface area (Å²) < 4.78 is 0. The average molecular weight is 261 g/mol. The Balaban J connectivity index is 0.00000144. The molecule has 0 bridgehead atoms. The Morgan fingerprint density at radius 3 is 2.82 bits per heavy atom. The van der Waals surface area contributed by atoms with Crippen LogP contribution in [0.3, 0.4) is 0 Å². The molecule has 100 valence electrons. The van der Waals surface area contributed by atoms with E-state index in [2.05, 4.69) is 24.5 Å². The van der Waals surface area contributed by atoms with E-state index >= 15 is 0 Å². The van der Waals surface area contributed by atoms with Crippen LogP contribution in [-0.2, 0) is 4.79 Å². The number of hydrogen-bond donors (Lipinski definition) is 2. The summed E-state index contributed by atoms with van der Waals surface area (Å²) in [4.78, 5) is 11.8. The van der Waals surface area contributed by atoms with Gasteiger partial charge in [0.15, 0.2) is 0 Å². The molecule has 0 radical (unpaired) electrons. The Kier molecular flexibility index (Phi) is 5.26. The van der Waals surface area contributed by atoms with E-state index < -0.39 is 0 Å². The van der Waals surface area contributed by atoms with Crippen LogP contribution in [0.25, 0.3) is 0 Å². The molecule has 2 aliphatic rings. The first-order chi connectivity index (χ1) is 7.65. The van der Waals surface area contributed by atoms with Crippen LogP contribution in [0.5, 0.6) is 0 Å². The van der Waals surface area contributed by atoms with Gasteiger partial charge in [0.2, 0.25) is 5.91 Å². The largest absolute Gasteiger partial charge is 0.356 e. The molecule has 2 N–H and O–H groups in total. The molecular weight excluding hydrogens is 236 g/mol. The fourth-order valence-corrected chi connectivity index (χ4v) is 2.69. The fourth-order valence-electron chi connectivity index (χ4n) is 2.69. The van der Waals surface area contributed by atoms with Crippen molar-refractivity contribution in [1.29, 1.82) is 0 Å². The van der Waals surface area contributed by atoms with Gasteiger partial charge in [-0.05, 0) is 50.1 Å². The molecule has 3 atom stereocenters. The molecule has 1 saturated carbocycles. The smallest absolute Gasteiger partial charge is 0.223 e. The summed E-state index contributed by atoms with van der Waals surface area (Å²) in [5.41, 5.74) is 0.305. The number of carbonyl (C=O) groups is 1. The summed E-state index contributed by atoms with van der Waals surface area (Å²) in [6.45, 7) is 7.54. The van der Waals surface area contributed by atoms with Gasteiger partial charge in [-0.15, -0.1) is 12.4 Å². The molecule has 1 amide bonds. The van der Waals surface area contributed by atoms with Gasteiger partial charge < -0.3 is 10.6 Å². The molecule has 1 heterocycles. The van der Waals surface area contributed by atoms with Crippen LogP contribution in [0, 0.1) is 17.3 Å². The lowest BCUT2D eigenvalue weighted by Gasteiger charge is -2.11. The number of carbonyl (C=O) groups excluding carboxylic acids is 1. The predicted molar refractivity (Wildman–Crippen MR) is 72.4 cm³/mol. The average Bonchev–Trinajstić information content (AvgIpc) is 2.73. The third-order valence-corrected chi connectivity index (χ3v) is 4.49. The molecule has 0 aromatic heterocycles. The van der Waals surface area contributed by atoms with Crippen molar-refractivity contribution < 1.29 is 4.79 Å². The molecule has 3 unspecified atom stereocenters. The van der Waals surface area contributed by atoms with E-state index in [4.69, 9.17) is 0 Å². The highest BCUT2D eigenvalue weighted by molar-refractivity contribution is 5.85. The van der Waals surface area contributed by atoms with Crippen molar-refractivity contribution in [2.24, 2.45) is 17.3 Å². The van der Waals surface area contributed by atoms with E-state index in [0.29, 0.717) is 11.3 Å². The quantitative estimate of drug-likeness (QED) is 0.794. The second kappa shape index (κ2) is 6.05. The van der Waals surface area contributed by atoms with Gasteiger partial charge in [-0.1, -0.05) is 13.8 Å². The van der Waals surface area contributed by atoms with Gasteiger partial charge in [0, 0.05) is 12.5 Å². The Labute approximate surface area is 111 Å². The molecule has 1 aliphatic heterocycles. The van der Waals surface area contributed by atoms with E-state index in [1.807, 2.05) is 0 Å². The van der Waals surface area contributed by atoms with Crippen molar-refractivity contribution in [3.8, 4) is 0 Å². The monoisotopic (exact) mass is 260 g/mol. The lowest BCUT2D eigenvalue weighted by Crippen LogP contribution is -2.29. The van der Waals surface area contributed by atoms with Gasteiger partial charge in [-0.3, -0.25) is 4.79 Å². The number of nitrogens with one attached hydrogen (secondary N) is 2. The van der Waals surface area contributed by atoms with E-state index in [0.717, 1.165) is 44.8 Å². The van der Waals surface area contributed by atoms with E-state index in [-0.39, 0.29) is 18.3 Å². The summed E-state index contributed by atoms with van der Waals surface area (Å²) in [6.07, 6.45) is 4.61. The van der Waals surface area contributed by atoms with Gasteiger partial charge >= 0.3 is 0 Å². The number of halogens is 1. The Bertz CT molecular complexity index is 266. The highest BCUT2D eigenvalue weighted by Gasteiger charge is 2.52. The van der Waals surface area contributed by atoms with Crippen molar-refractivity contribution in [3.63, 3.8) is 0 Å². The molecule has 2 fully saturated rings. The number of amides is 1. The summed E-state index contributed by atoms with van der Waals surface area (Å²) >= 11 is 0. The van der Waals surface area contributed by atoms with Gasteiger partial charge in [-0.2, -0.15) is 0 Å². The molecular formula is C13H25ClN2O. The zero-order valence-electron chi connectivity index (χ0n) is 10.9. The van der Waals surface area contributed by atoms with Crippen LogP contribution in [0.2, 0.25) is 0 Å². The van der Waals surface area contributed by atoms with Crippen molar-refractivity contribution >= 4 is 18.3 Å². The Morgan fingerprint density at radius 1 is 1.53 bits per heavy atom. The molecule has 2 rings (SSSR count). The maximum Gasteiger partial charge on any atom is 0.223 e. The molecule has 1 saturated heterocycles. The summed E-state index contributed by atoms with van der Waals surface area (Å²) in [6, 6.07) is 0. The summed E-state index contributed by atoms with van der Waals surface area (Å²) in [5, 5.41) is 6.45. The third-order valence-electron chi connectivity index (χ3n) is 4.49. The number of rotatable bonds is 5. The minimum atomic E-state index is 0. The summed E-state index contributed by atoms with van der Waals surface area (Å²) in [5.74, 6) is 1.35. The van der Waals surface area contributed by atoms with Crippen LogP contribution in [0.4, 0.5) is 0 Å². The maximum absolute atomic E-state index is 11.8. The van der Waals surface area contributed by atoms with Crippen LogP contribution in [-0.4, -0.2) is 25.5 Å². The lowest BCUT2D eigenvalue weighted by atomic mass is 10.0. The normalized spacial score (nSPS) is 35.2. The van der Waals surface area contributed by atoms with E-state index in [1.54, 1.807) is 0 Å². The molecule has 1 aliphatic carbocycles. The van der Waals surface area contributed by atoms with Crippen molar-refractivity contribution in [3.05, 3.63) is 0 Å².